The number of hydrogen-bond donors (Lipinski definition) is 2. The van der Waals surface area contributed by atoms with Crippen molar-refractivity contribution in [2.75, 3.05) is 25.1 Å². The highest BCUT2D eigenvalue weighted by atomic mass is 16.5. The maximum Gasteiger partial charge on any atom is 0.255 e. The van der Waals surface area contributed by atoms with Gasteiger partial charge in [-0.3, -0.25) is 9.59 Å². The summed E-state index contributed by atoms with van der Waals surface area (Å²) >= 11 is 0. The second-order valence-electron chi connectivity index (χ2n) is 6.75. The third-order valence-electron chi connectivity index (χ3n) is 4.51. The molecule has 1 heterocycles. The third kappa shape index (κ3) is 5.57. The van der Waals surface area contributed by atoms with Crippen LogP contribution in [0.1, 0.15) is 46.9 Å². The quantitative estimate of drug-likeness (QED) is 0.731. The second-order valence-corrected chi connectivity index (χ2v) is 6.75. The lowest BCUT2D eigenvalue weighted by Gasteiger charge is -2.11. The number of carbonyl (C=O) groups excluding carboxylic acids is 2. The van der Waals surface area contributed by atoms with Crippen molar-refractivity contribution >= 4 is 17.5 Å². The Bertz CT molecular complexity index is 781. The Morgan fingerprint density at radius 2 is 1.71 bits per heavy atom. The number of ether oxygens (including phenoxy) is 2. The summed E-state index contributed by atoms with van der Waals surface area (Å²) in [6, 6.07) is 13.9. The molecule has 6 heteroatoms. The van der Waals surface area contributed by atoms with E-state index in [1.54, 1.807) is 48.5 Å². The molecule has 1 saturated heterocycles. The summed E-state index contributed by atoms with van der Waals surface area (Å²) in [4.78, 5) is 24.6. The zero-order chi connectivity index (χ0) is 19.8. The minimum absolute atomic E-state index is 0.112. The summed E-state index contributed by atoms with van der Waals surface area (Å²) in [6.45, 7) is 3.98. The fourth-order valence-electron chi connectivity index (χ4n) is 2.94. The maximum atomic E-state index is 12.4. The van der Waals surface area contributed by atoms with Gasteiger partial charge in [-0.15, -0.1) is 0 Å². The fourth-order valence-corrected chi connectivity index (χ4v) is 2.94. The van der Waals surface area contributed by atoms with Gasteiger partial charge in [-0.05, 0) is 67.8 Å². The lowest BCUT2D eigenvalue weighted by molar-refractivity contribution is 0.0857. The van der Waals surface area contributed by atoms with Gasteiger partial charge in [0.25, 0.3) is 11.8 Å². The van der Waals surface area contributed by atoms with Crippen LogP contribution in [0.4, 0.5) is 5.69 Å². The van der Waals surface area contributed by atoms with E-state index in [0.29, 0.717) is 30.0 Å². The zero-order valence-electron chi connectivity index (χ0n) is 16.1. The first-order valence-corrected chi connectivity index (χ1v) is 9.70. The van der Waals surface area contributed by atoms with E-state index in [-0.39, 0.29) is 17.9 Å². The highest BCUT2D eigenvalue weighted by molar-refractivity contribution is 6.04. The van der Waals surface area contributed by atoms with E-state index in [0.717, 1.165) is 31.6 Å². The van der Waals surface area contributed by atoms with Crippen molar-refractivity contribution in [1.82, 2.24) is 5.32 Å². The van der Waals surface area contributed by atoms with Crippen LogP contribution >= 0.6 is 0 Å². The molecule has 0 bridgehead atoms. The van der Waals surface area contributed by atoms with Crippen LogP contribution in [-0.2, 0) is 4.74 Å². The highest BCUT2D eigenvalue weighted by Gasteiger charge is 2.16. The molecule has 3 rings (SSSR count). The van der Waals surface area contributed by atoms with Gasteiger partial charge in [0.05, 0.1) is 12.7 Å². The van der Waals surface area contributed by atoms with Crippen molar-refractivity contribution in [2.45, 2.75) is 32.3 Å². The van der Waals surface area contributed by atoms with Crippen LogP contribution in [0.2, 0.25) is 0 Å². The number of anilines is 1. The van der Waals surface area contributed by atoms with Crippen molar-refractivity contribution in [3.8, 4) is 5.75 Å². The molecule has 0 unspecified atom stereocenters. The normalized spacial score (nSPS) is 15.8. The van der Waals surface area contributed by atoms with E-state index in [1.807, 2.05) is 6.92 Å². The fraction of sp³-hybridized carbons (Fsp3) is 0.364. The predicted octanol–water partition coefficient (Wildman–Crippen LogP) is 3.64. The number of hydrogen-bond acceptors (Lipinski definition) is 4. The average molecular weight is 382 g/mol. The van der Waals surface area contributed by atoms with Crippen molar-refractivity contribution in [1.29, 1.82) is 0 Å². The molecule has 1 atom stereocenters. The Morgan fingerprint density at radius 1 is 1.04 bits per heavy atom. The Hall–Kier alpha value is -2.86. The van der Waals surface area contributed by atoms with E-state index < -0.39 is 0 Å². The van der Waals surface area contributed by atoms with Crippen LogP contribution in [0, 0.1) is 0 Å². The Balaban J connectivity index is 1.51. The van der Waals surface area contributed by atoms with Crippen LogP contribution in [0.25, 0.3) is 0 Å². The molecule has 148 valence electrons. The summed E-state index contributed by atoms with van der Waals surface area (Å²) < 4.78 is 11.0. The Kier molecular flexibility index (Phi) is 7.03. The summed E-state index contributed by atoms with van der Waals surface area (Å²) in [6.07, 6.45) is 3.08. The lowest BCUT2D eigenvalue weighted by atomic mass is 10.1. The van der Waals surface area contributed by atoms with Gasteiger partial charge in [0.15, 0.2) is 0 Å². The molecular formula is C22H26N2O4. The van der Waals surface area contributed by atoms with E-state index in [9.17, 15) is 9.59 Å². The van der Waals surface area contributed by atoms with Crippen LogP contribution in [0.15, 0.2) is 48.5 Å². The number of carbonyl (C=O) groups is 2. The summed E-state index contributed by atoms with van der Waals surface area (Å²) in [5, 5.41) is 5.72. The largest absolute Gasteiger partial charge is 0.494 e. The molecule has 2 aromatic rings. The first-order valence-electron chi connectivity index (χ1n) is 9.70. The molecule has 2 N–H and O–H groups in total. The van der Waals surface area contributed by atoms with Crippen molar-refractivity contribution in [3.63, 3.8) is 0 Å². The van der Waals surface area contributed by atoms with Crippen molar-refractivity contribution in [3.05, 3.63) is 59.7 Å². The number of nitrogens with one attached hydrogen (secondary N) is 2. The molecule has 6 nitrogen and oxygen atoms in total. The molecule has 1 aliphatic rings. The van der Waals surface area contributed by atoms with Gasteiger partial charge >= 0.3 is 0 Å². The minimum atomic E-state index is -0.211. The molecule has 2 amide bonds. The molecule has 0 aliphatic carbocycles. The molecule has 0 aromatic heterocycles. The molecule has 0 spiro atoms. The minimum Gasteiger partial charge on any atom is -0.494 e. The first-order chi connectivity index (χ1) is 13.7. The first kappa shape index (κ1) is 19.9. The van der Waals surface area contributed by atoms with Crippen LogP contribution in [0.3, 0.4) is 0 Å². The molecule has 2 aromatic carbocycles. The third-order valence-corrected chi connectivity index (χ3v) is 4.51. The van der Waals surface area contributed by atoms with Crippen LogP contribution < -0.4 is 15.4 Å². The van der Waals surface area contributed by atoms with Crippen molar-refractivity contribution in [2.24, 2.45) is 0 Å². The summed E-state index contributed by atoms with van der Waals surface area (Å²) in [5.41, 5.74) is 1.72. The van der Waals surface area contributed by atoms with Gasteiger partial charge in [0.2, 0.25) is 0 Å². The summed E-state index contributed by atoms with van der Waals surface area (Å²) in [5.74, 6) is 0.394. The van der Waals surface area contributed by atoms with Gasteiger partial charge in [-0.2, -0.15) is 0 Å². The van der Waals surface area contributed by atoms with Gasteiger partial charge in [-0.1, -0.05) is 6.92 Å². The second kappa shape index (κ2) is 9.90. The monoisotopic (exact) mass is 382 g/mol. The molecule has 1 aliphatic heterocycles. The molecular weight excluding hydrogens is 356 g/mol. The molecule has 0 saturated carbocycles. The number of benzene rings is 2. The smallest absolute Gasteiger partial charge is 0.255 e. The van der Waals surface area contributed by atoms with Gasteiger partial charge in [0, 0.05) is 30.0 Å². The number of rotatable bonds is 8. The maximum absolute atomic E-state index is 12.4. The standard InChI is InChI=1S/C22H26N2O4/c1-2-13-27-19-11-7-17(8-12-19)22(26)24-18-9-5-16(6-10-18)21(25)23-15-20-4-3-14-28-20/h5-12,20H,2-4,13-15H2,1H3,(H,23,25)(H,24,26)/t20-/m0/s1. The van der Waals surface area contributed by atoms with E-state index in [2.05, 4.69) is 10.6 Å². The Labute approximate surface area is 165 Å². The summed E-state index contributed by atoms with van der Waals surface area (Å²) in [7, 11) is 0. The van der Waals surface area contributed by atoms with E-state index in [1.165, 1.54) is 0 Å². The lowest BCUT2D eigenvalue weighted by Crippen LogP contribution is -2.31. The molecule has 0 radical (unpaired) electrons. The SMILES string of the molecule is CCCOc1ccc(C(=O)Nc2ccc(C(=O)NC[C@@H]3CCCO3)cc2)cc1. The molecule has 28 heavy (non-hydrogen) atoms. The van der Waals surface area contributed by atoms with E-state index >= 15 is 0 Å². The predicted molar refractivity (Wildman–Crippen MR) is 108 cm³/mol. The van der Waals surface area contributed by atoms with Gasteiger partial charge in [0.1, 0.15) is 5.75 Å². The van der Waals surface area contributed by atoms with E-state index in [4.69, 9.17) is 9.47 Å². The topological polar surface area (TPSA) is 76.7 Å². The van der Waals surface area contributed by atoms with Crippen LogP contribution in [-0.4, -0.2) is 37.7 Å². The average Bonchev–Trinajstić information content (AvgIpc) is 3.25. The van der Waals surface area contributed by atoms with Gasteiger partial charge < -0.3 is 20.1 Å². The Morgan fingerprint density at radius 3 is 2.36 bits per heavy atom. The highest BCUT2D eigenvalue weighted by Crippen LogP contribution is 2.16. The zero-order valence-corrected chi connectivity index (χ0v) is 16.1. The molecule has 1 fully saturated rings. The van der Waals surface area contributed by atoms with Gasteiger partial charge in [-0.25, -0.2) is 0 Å². The van der Waals surface area contributed by atoms with Crippen molar-refractivity contribution < 1.29 is 19.1 Å². The van der Waals surface area contributed by atoms with Crippen LogP contribution in [0.5, 0.6) is 5.75 Å². The number of amides is 2.